The largest absolute Gasteiger partial charge is 0.298 e. The molecule has 0 unspecified atom stereocenters. The molecule has 0 fully saturated rings. The van der Waals surface area contributed by atoms with E-state index in [9.17, 15) is 14.4 Å². The number of carbonyl (C=O) groups excluding carboxylic acids is 3. The molecular weight excluding hydrogens is 422 g/mol. The highest BCUT2D eigenvalue weighted by Gasteiger charge is 2.35. The third-order valence-electron chi connectivity index (χ3n) is 5.81. The van der Waals surface area contributed by atoms with E-state index in [1.807, 2.05) is 19.2 Å². The zero-order chi connectivity index (χ0) is 23.0. The van der Waals surface area contributed by atoms with Gasteiger partial charge in [-0.3, -0.25) is 24.6 Å². The van der Waals surface area contributed by atoms with Gasteiger partial charge in [-0.05, 0) is 68.1 Å². The Morgan fingerprint density at radius 2 is 1.69 bits per heavy atom. The van der Waals surface area contributed by atoms with Gasteiger partial charge < -0.3 is 0 Å². The molecule has 164 valence electrons. The second-order valence-electron chi connectivity index (χ2n) is 8.12. The maximum Gasteiger partial charge on any atom is 0.261 e. The number of fused-ring (bicyclic) bond motifs is 1. The van der Waals surface area contributed by atoms with E-state index in [0.29, 0.717) is 22.8 Å². The zero-order valence-corrected chi connectivity index (χ0v) is 19.4. The molecule has 0 radical (unpaired) electrons. The van der Waals surface area contributed by atoms with Crippen LogP contribution >= 0.6 is 11.3 Å². The van der Waals surface area contributed by atoms with E-state index < -0.39 is 0 Å². The van der Waals surface area contributed by atoms with E-state index in [0.717, 1.165) is 29.7 Å². The Balaban J connectivity index is 1.53. The first-order valence-corrected chi connectivity index (χ1v) is 11.5. The number of nitrogens with zero attached hydrogens (tertiary/aromatic N) is 2. The van der Waals surface area contributed by atoms with Crippen LogP contribution < -0.4 is 5.32 Å². The third kappa shape index (κ3) is 3.96. The van der Waals surface area contributed by atoms with Gasteiger partial charge in [0.05, 0.1) is 16.8 Å². The molecule has 1 N–H and O–H groups in total. The highest BCUT2D eigenvalue weighted by molar-refractivity contribution is 7.14. The Morgan fingerprint density at radius 1 is 0.969 bits per heavy atom. The number of nitrogens with one attached hydrogen (secondary N) is 1. The molecule has 2 aromatic carbocycles. The Hall–Kier alpha value is -3.32. The van der Waals surface area contributed by atoms with Crippen LogP contribution in [0.2, 0.25) is 0 Å². The Morgan fingerprint density at radius 3 is 2.44 bits per heavy atom. The summed E-state index contributed by atoms with van der Waals surface area (Å²) in [4.78, 5) is 43.8. The second kappa shape index (κ2) is 8.67. The molecule has 0 saturated carbocycles. The van der Waals surface area contributed by atoms with Gasteiger partial charge >= 0.3 is 0 Å². The van der Waals surface area contributed by atoms with E-state index in [1.54, 1.807) is 12.1 Å². The number of hydrogen-bond donors (Lipinski definition) is 1. The van der Waals surface area contributed by atoms with Crippen molar-refractivity contribution in [3.05, 3.63) is 69.1 Å². The lowest BCUT2D eigenvalue weighted by molar-refractivity contribution is 0.0652. The first kappa shape index (κ1) is 21.9. The van der Waals surface area contributed by atoms with Crippen molar-refractivity contribution in [1.29, 1.82) is 0 Å². The molecular formula is C25H25N3O3S. The van der Waals surface area contributed by atoms with Crippen LogP contribution in [0.4, 0.5) is 5.13 Å². The molecule has 2 heterocycles. The van der Waals surface area contributed by atoms with Gasteiger partial charge in [0.25, 0.3) is 17.7 Å². The van der Waals surface area contributed by atoms with Crippen molar-refractivity contribution >= 4 is 34.2 Å². The topological polar surface area (TPSA) is 79.4 Å². The van der Waals surface area contributed by atoms with Crippen LogP contribution in [0.15, 0.2) is 35.7 Å². The number of imide groups is 1. The standard InChI is InChI=1S/C25H25N3O3S/c1-5-6-9-28-23(30)18-8-7-17(12-20(18)24(28)31)22(29)27-25-26-21(13-32-25)19-11-15(3)14(2)10-16(19)4/h7-8,10-13H,5-6,9H2,1-4H3,(H,26,27,29). The molecule has 7 heteroatoms. The van der Waals surface area contributed by atoms with E-state index in [-0.39, 0.29) is 23.3 Å². The summed E-state index contributed by atoms with van der Waals surface area (Å²) >= 11 is 1.35. The van der Waals surface area contributed by atoms with E-state index in [4.69, 9.17) is 0 Å². The number of benzene rings is 2. The Kier molecular flexibility index (Phi) is 5.93. The number of anilines is 1. The second-order valence-corrected chi connectivity index (χ2v) is 8.98. The van der Waals surface area contributed by atoms with Gasteiger partial charge in [-0.2, -0.15) is 0 Å². The summed E-state index contributed by atoms with van der Waals surface area (Å²) < 4.78 is 0. The van der Waals surface area contributed by atoms with E-state index in [1.165, 1.54) is 33.4 Å². The fraction of sp³-hybridized carbons (Fsp3) is 0.280. The smallest absolute Gasteiger partial charge is 0.261 e. The molecule has 3 aromatic rings. The number of unbranched alkanes of at least 4 members (excludes halogenated alkanes) is 1. The molecule has 0 saturated heterocycles. The van der Waals surface area contributed by atoms with Gasteiger partial charge in [-0.1, -0.05) is 19.4 Å². The lowest BCUT2D eigenvalue weighted by atomic mass is 9.99. The van der Waals surface area contributed by atoms with Gasteiger partial charge in [0.15, 0.2) is 5.13 Å². The van der Waals surface area contributed by atoms with E-state index >= 15 is 0 Å². The van der Waals surface area contributed by atoms with E-state index in [2.05, 4.69) is 36.3 Å². The number of amides is 3. The molecule has 6 nitrogen and oxygen atoms in total. The number of thiazole rings is 1. The number of aromatic nitrogens is 1. The van der Waals surface area contributed by atoms with Crippen molar-refractivity contribution < 1.29 is 14.4 Å². The minimum atomic E-state index is -0.363. The van der Waals surface area contributed by atoms with Crippen LogP contribution in [0.3, 0.4) is 0 Å². The molecule has 0 bridgehead atoms. The summed E-state index contributed by atoms with van der Waals surface area (Å²) in [5.74, 6) is -0.994. The predicted octanol–water partition coefficient (Wildman–Crippen LogP) is 5.38. The molecule has 0 atom stereocenters. The van der Waals surface area contributed by atoms with Crippen LogP contribution in [-0.4, -0.2) is 34.2 Å². The van der Waals surface area contributed by atoms with Gasteiger partial charge in [0, 0.05) is 23.1 Å². The summed E-state index contributed by atoms with van der Waals surface area (Å²) in [5.41, 5.74) is 6.36. The first-order chi connectivity index (χ1) is 15.3. The lowest BCUT2D eigenvalue weighted by Crippen LogP contribution is -2.30. The number of aryl methyl sites for hydroxylation is 3. The van der Waals surface area contributed by atoms with Crippen molar-refractivity contribution in [2.75, 3.05) is 11.9 Å². The minimum absolute atomic E-state index is 0.282. The Labute approximate surface area is 191 Å². The van der Waals surface area contributed by atoms with Gasteiger partial charge in [0.2, 0.25) is 0 Å². The SMILES string of the molecule is CCCCN1C(=O)c2ccc(C(=O)Nc3nc(-c4cc(C)c(C)cc4C)cs3)cc2C1=O. The van der Waals surface area contributed by atoms with Gasteiger partial charge in [-0.25, -0.2) is 4.98 Å². The first-order valence-electron chi connectivity index (χ1n) is 10.7. The average molecular weight is 448 g/mol. The number of rotatable bonds is 6. The molecule has 1 aliphatic heterocycles. The maximum absolute atomic E-state index is 12.8. The van der Waals surface area contributed by atoms with Crippen molar-refractivity contribution in [2.24, 2.45) is 0 Å². The summed E-state index contributed by atoms with van der Waals surface area (Å²) in [7, 11) is 0. The maximum atomic E-state index is 12.8. The molecule has 1 aromatic heterocycles. The normalized spacial score (nSPS) is 12.9. The van der Waals surface area contributed by atoms with Crippen LogP contribution in [0.1, 0.15) is 67.5 Å². The summed E-state index contributed by atoms with van der Waals surface area (Å²) in [6.07, 6.45) is 1.64. The van der Waals surface area contributed by atoms with Gasteiger partial charge in [-0.15, -0.1) is 11.3 Å². The average Bonchev–Trinajstić information content (AvgIpc) is 3.32. The molecule has 0 aliphatic carbocycles. The fourth-order valence-electron chi connectivity index (χ4n) is 3.81. The van der Waals surface area contributed by atoms with Crippen molar-refractivity contribution in [3.8, 4) is 11.3 Å². The quantitative estimate of drug-likeness (QED) is 0.514. The lowest BCUT2D eigenvalue weighted by Gasteiger charge is -2.12. The van der Waals surface area contributed by atoms with Crippen molar-refractivity contribution in [1.82, 2.24) is 9.88 Å². The third-order valence-corrected chi connectivity index (χ3v) is 6.57. The highest BCUT2D eigenvalue weighted by atomic mass is 32.1. The monoisotopic (exact) mass is 447 g/mol. The molecule has 4 rings (SSSR count). The Bertz CT molecular complexity index is 1250. The molecule has 1 aliphatic rings. The predicted molar refractivity (Wildman–Crippen MR) is 126 cm³/mol. The highest BCUT2D eigenvalue weighted by Crippen LogP contribution is 2.30. The van der Waals surface area contributed by atoms with Crippen molar-refractivity contribution in [3.63, 3.8) is 0 Å². The summed E-state index contributed by atoms with van der Waals surface area (Å²) in [6, 6.07) is 8.87. The molecule has 3 amide bonds. The number of hydrogen-bond acceptors (Lipinski definition) is 5. The van der Waals surface area contributed by atoms with Crippen LogP contribution in [-0.2, 0) is 0 Å². The fourth-order valence-corrected chi connectivity index (χ4v) is 4.52. The molecule has 0 spiro atoms. The number of carbonyl (C=O) groups is 3. The summed E-state index contributed by atoms with van der Waals surface area (Å²) in [6.45, 7) is 8.59. The van der Waals surface area contributed by atoms with Crippen LogP contribution in [0.5, 0.6) is 0 Å². The van der Waals surface area contributed by atoms with Crippen LogP contribution in [0, 0.1) is 20.8 Å². The van der Waals surface area contributed by atoms with Gasteiger partial charge in [0.1, 0.15) is 0 Å². The zero-order valence-electron chi connectivity index (χ0n) is 18.6. The summed E-state index contributed by atoms with van der Waals surface area (Å²) in [5, 5.41) is 5.22. The minimum Gasteiger partial charge on any atom is -0.298 e. The molecule has 32 heavy (non-hydrogen) atoms. The van der Waals surface area contributed by atoms with Crippen molar-refractivity contribution in [2.45, 2.75) is 40.5 Å². The van der Waals surface area contributed by atoms with Crippen LogP contribution in [0.25, 0.3) is 11.3 Å².